The predicted molar refractivity (Wildman–Crippen MR) is 67.0 cm³/mol. The van der Waals surface area contributed by atoms with Crippen LogP contribution in [0.4, 0.5) is 0 Å². The van der Waals surface area contributed by atoms with E-state index in [9.17, 15) is 0 Å². The molecule has 0 amide bonds. The highest BCUT2D eigenvalue weighted by Crippen LogP contribution is 2.29. The Labute approximate surface area is 106 Å². The van der Waals surface area contributed by atoms with Gasteiger partial charge in [0.25, 0.3) is 0 Å². The first-order valence-corrected chi connectivity index (χ1v) is 6.12. The first kappa shape index (κ1) is 12.2. The van der Waals surface area contributed by atoms with Crippen molar-refractivity contribution in [2.45, 2.75) is 31.2 Å². The fraction of sp³-hybridized carbons (Fsp3) is 0.462. The lowest BCUT2D eigenvalue weighted by Crippen LogP contribution is -2.42. The molecule has 0 unspecified atom stereocenters. The number of halogens is 1. The van der Waals surface area contributed by atoms with Gasteiger partial charge >= 0.3 is 0 Å². The fourth-order valence-corrected chi connectivity index (χ4v) is 2.33. The number of nitriles is 1. The summed E-state index contributed by atoms with van der Waals surface area (Å²) in [7, 11) is 0. The summed E-state index contributed by atoms with van der Waals surface area (Å²) in [6.45, 7) is 0.462. The molecule has 0 heterocycles. The van der Waals surface area contributed by atoms with Gasteiger partial charge in [0.05, 0.1) is 11.1 Å². The Bertz CT molecular complexity index is 447. The molecular formula is C13H15ClN2O. The maximum Gasteiger partial charge on any atom is 0.137 e. The van der Waals surface area contributed by atoms with Gasteiger partial charge in [0, 0.05) is 5.02 Å². The van der Waals surface area contributed by atoms with Crippen molar-refractivity contribution in [1.29, 1.82) is 5.26 Å². The maximum atomic E-state index is 8.98. The second kappa shape index (κ2) is 4.95. The zero-order valence-corrected chi connectivity index (χ0v) is 10.3. The Kier molecular flexibility index (Phi) is 3.56. The topological polar surface area (TPSA) is 59.0 Å². The van der Waals surface area contributed by atoms with Crippen LogP contribution in [0.1, 0.15) is 31.2 Å². The number of hydrogen-bond donors (Lipinski definition) is 1. The molecule has 0 radical (unpaired) electrons. The molecule has 1 aliphatic carbocycles. The van der Waals surface area contributed by atoms with E-state index in [-0.39, 0.29) is 5.54 Å². The van der Waals surface area contributed by atoms with Gasteiger partial charge in [0.15, 0.2) is 0 Å². The third-order valence-electron chi connectivity index (χ3n) is 3.18. The summed E-state index contributed by atoms with van der Waals surface area (Å²) in [6, 6.07) is 7.12. The van der Waals surface area contributed by atoms with Crippen LogP contribution >= 0.6 is 11.6 Å². The van der Waals surface area contributed by atoms with Crippen LogP contribution < -0.4 is 10.5 Å². The number of rotatable bonds is 3. The summed E-state index contributed by atoms with van der Waals surface area (Å²) in [4.78, 5) is 0. The van der Waals surface area contributed by atoms with Crippen molar-refractivity contribution in [3.8, 4) is 11.8 Å². The zero-order chi connectivity index (χ0) is 12.3. The molecule has 3 nitrogen and oxygen atoms in total. The summed E-state index contributed by atoms with van der Waals surface area (Å²) >= 11 is 5.82. The largest absolute Gasteiger partial charge is 0.490 e. The van der Waals surface area contributed by atoms with Gasteiger partial charge in [-0.05, 0) is 31.0 Å². The summed E-state index contributed by atoms with van der Waals surface area (Å²) in [6.07, 6.45) is 4.29. The summed E-state index contributed by atoms with van der Waals surface area (Å²) < 4.78 is 5.66. The Morgan fingerprint density at radius 1 is 1.41 bits per heavy atom. The van der Waals surface area contributed by atoms with E-state index >= 15 is 0 Å². The molecule has 1 fully saturated rings. The molecule has 2 rings (SSSR count). The van der Waals surface area contributed by atoms with E-state index in [4.69, 9.17) is 27.3 Å². The maximum absolute atomic E-state index is 8.98. The minimum absolute atomic E-state index is 0.230. The third kappa shape index (κ3) is 2.91. The van der Waals surface area contributed by atoms with E-state index < -0.39 is 0 Å². The molecule has 17 heavy (non-hydrogen) atoms. The minimum Gasteiger partial charge on any atom is -0.490 e. The second-order valence-corrected chi connectivity index (χ2v) is 5.05. The molecule has 1 aromatic carbocycles. The lowest BCUT2D eigenvalue weighted by atomic mass is 10.0. The van der Waals surface area contributed by atoms with E-state index in [2.05, 4.69) is 6.07 Å². The molecule has 1 aromatic rings. The zero-order valence-electron chi connectivity index (χ0n) is 9.58. The Morgan fingerprint density at radius 3 is 2.76 bits per heavy atom. The van der Waals surface area contributed by atoms with Gasteiger partial charge < -0.3 is 10.5 Å². The van der Waals surface area contributed by atoms with Crippen molar-refractivity contribution < 1.29 is 4.74 Å². The van der Waals surface area contributed by atoms with Crippen LogP contribution in [-0.2, 0) is 0 Å². The Hall–Kier alpha value is -1.24. The van der Waals surface area contributed by atoms with E-state index in [0.717, 1.165) is 25.7 Å². The van der Waals surface area contributed by atoms with Gasteiger partial charge in [0.2, 0.25) is 0 Å². The average Bonchev–Trinajstić information content (AvgIpc) is 2.75. The normalized spacial score (nSPS) is 17.7. The van der Waals surface area contributed by atoms with Gasteiger partial charge in [-0.25, -0.2) is 0 Å². The van der Waals surface area contributed by atoms with Crippen molar-refractivity contribution >= 4 is 11.6 Å². The van der Waals surface area contributed by atoms with Crippen LogP contribution in [-0.4, -0.2) is 12.1 Å². The molecule has 0 atom stereocenters. The third-order valence-corrected chi connectivity index (χ3v) is 3.41. The molecule has 1 saturated carbocycles. The number of nitrogens with two attached hydrogens (primary N) is 1. The van der Waals surface area contributed by atoms with Gasteiger partial charge in [-0.15, -0.1) is 0 Å². The van der Waals surface area contributed by atoms with E-state index in [1.165, 1.54) is 0 Å². The number of hydrogen-bond acceptors (Lipinski definition) is 3. The molecule has 0 aliphatic heterocycles. The first-order chi connectivity index (χ1) is 8.13. The molecule has 0 saturated heterocycles. The number of ether oxygens (including phenoxy) is 1. The summed E-state index contributed by atoms with van der Waals surface area (Å²) in [5.74, 6) is 0.564. The van der Waals surface area contributed by atoms with Crippen LogP contribution in [0.2, 0.25) is 5.02 Å². The van der Waals surface area contributed by atoms with Crippen molar-refractivity contribution in [3.05, 3.63) is 28.8 Å². The van der Waals surface area contributed by atoms with Crippen LogP contribution in [0.3, 0.4) is 0 Å². The van der Waals surface area contributed by atoms with Crippen LogP contribution in [0.5, 0.6) is 5.75 Å². The predicted octanol–water partition coefficient (Wildman–Crippen LogP) is 2.86. The molecule has 0 bridgehead atoms. The second-order valence-electron chi connectivity index (χ2n) is 4.61. The number of nitrogens with zero attached hydrogens (tertiary/aromatic N) is 1. The van der Waals surface area contributed by atoms with Crippen LogP contribution in [0.15, 0.2) is 18.2 Å². The first-order valence-electron chi connectivity index (χ1n) is 5.74. The smallest absolute Gasteiger partial charge is 0.137 e. The van der Waals surface area contributed by atoms with Crippen molar-refractivity contribution in [2.75, 3.05) is 6.61 Å². The molecule has 2 N–H and O–H groups in total. The van der Waals surface area contributed by atoms with E-state index in [0.29, 0.717) is 22.9 Å². The average molecular weight is 251 g/mol. The molecule has 1 aliphatic rings. The van der Waals surface area contributed by atoms with Gasteiger partial charge in [-0.3, -0.25) is 0 Å². The lowest BCUT2D eigenvalue weighted by Gasteiger charge is -2.23. The molecule has 90 valence electrons. The SMILES string of the molecule is N#Cc1cc(Cl)ccc1OCC1(N)CCCC1. The molecule has 0 aromatic heterocycles. The minimum atomic E-state index is -0.230. The molecule has 0 spiro atoms. The standard InChI is InChI=1S/C13H15ClN2O/c14-11-3-4-12(10(7-11)8-15)17-9-13(16)5-1-2-6-13/h3-4,7H,1-2,5-6,9,16H2. The van der Waals surface area contributed by atoms with Gasteiger partial charge in [-0.1, -0.05) is 24.4 Å². The summed E-state index contributed by atoms with van der Waals surface area (Å²) in [5.41, 5.74) is 6.42. The van der Waals surface area contributed by atoms with Crippen molar-refractivity contribution in [1.82, 2.24) is 0 Å². The molecule has 4 heteroatoms. The highest BCUT2D eigenvalue weighted by molar-refractivity contribution is 6.30. The van der Waals surface area contributed by atoms with Gasteiger partial charge in [0.1, 0.15) is 18.4 Å². The quantitative estimate of drug-likeness (QED) is 0.897. The highest BCUT2D eigenvalue weighted by atomic mass is 35.5. The van der Waals surface area contributed by atoms with Crippen molar-refractivity contribution in [2.24, 2.45) is 5.73 Å². The fourth-order valence-electron chi connectivity index (χ4n) is 2.16. The number of benzene rings is 1. The monoisotopic (exact) mass is 250 g/mol. The highest BCUT2D eigenvalue weighted by Gasteiger charge is 2.30. The summed E-state index contributed by atoms with van der Waals surface area (Å²) in [5, 5.41) is 9.52. The molecular weight excluding hydrogens is 236 g/mol. The van der Waals surface area contributed by atoms with E-state index in [1.54, 1.807) is 18.2 Å². The Balaban J connectivity index is 2.06. The van der Waals surface area contributed by atoms with E-state index in [1.807, 2.05) is 0 Å². The van der Waals surface area contributed by atoms with Crippen LogP contribution in [0.25, 0.3) is 0 Å². The Morgan fingerprint density at radius 2 is 2.12 bits per heavy atom. The van der Waals surface area contributed by atoms with Gasteiger partial charge in [-0.2, -0.15) is 5.26 Å². The van der Waals surface area contributed by atoms with Crippen LogP contribution in [0, 0.1) is 11.3 Å². The lowest BCUT2D eigenvalue weighted by molar-refractivity contribution is 0.220. The van der Waals surface area contributed by atoms with Crippen molar-refractivity contribution in [3.63, 3.8) is 0 Å².